The summed E-state index contributed by atoms with van der Waals surface area (Å²) in [7, 11) is 0. The molecule has 3 aromatic heterocycles. The smallest absolute Gasteiger partial charge is 0.170 e. The molecule has 0 unspecified atom stereocenters. The van der Waals surface area contributed by atoms with E-state index in [1.807, 2.05) is 12.3 Å². The molecule has 0 aliphatic carbocycles. The summed E-state index contributed by atoms with van der Waals surface area (Å²) in [6.45, 7) is 2.17. The maximum absolute atomic E-state index is 7.42. The lowest BCUT2D eigenvalue weighted by atomic mass is 10.1. The van der Waals surface area contributed by atoms with Crippen molar-refractivity contribution in [2.24, 2.45) is 5.73 Å². The van der Waals surface area contributed by atoms with Gasteiger partial charge in [-0.3, -0.25) is 0 Å². The molecule has 3 aromatic rings. The maximum atomic E-state index is 7.42. The Hall–Kier alpha value is -2.80. The minimum Gasteiger partial charge on any atom is -0.404 e. The van der Waals surface area contributed by atoms with Crippen molar-refractivity contribution >= 4 is 39.3 Å². The average Bonchev–Trinajstić information content (AvgIpc) is 3.13. The van der Waals surface area contributed by atoms with Crippen molar-refractivity contribution in [1.29, 1.82) is 5.41 Å². The van der Waals surface area contributed by atoms with Gasteiger partial charge in [-0.25, -0.2) is 15.0 Å². The van der Waals surface area contributed by atoms with Crippen molar-refractivity contribution in [1.82, 2.24) is 15.0 Å². The van der Waals surface area contributed by atoms with Gasteiger partial charge in [0.25, 0.3) is 0 Å². The van der Waals surface area contributed by atoms with Gasteiger partial charge in [-0.15, -0.1) is 11.3 Å². The van der Waals surface area contributed by atoms with Gasteiger partial charge in [-0.05, 0) is 37.5 Å². The van der Waals surface area contributed by atoms with Crippen molar-refractivity contribution in [2.75, 3.05) is 18.0 Å². The maximum Gasteiger partial charge on any atom is 0.170 e. The zero-order chi connectivity index (χ0) is 17.9. The first-order chi connectivity index (χ1) is 12.8. The fraction of sp³-hybridized carbons (Fsp3) is 0.263. The van der Waals surface area contributed by atoms with Crippen molar-refractivity contribution in [3.05, 3.63) is 42.4 Å². The van der Waals surface area contributed by atoms with E-state index in [0.29, 0.717) is 11.2 Å². The van der Waals surface area contributed by atoms with Gasteiger partial charge in [0, 0.05) is 54.6 Å². The van der Waals surface area contributed by atoms with Crippen LogP contribution in [0.5, 0.6) is 0 Å². The van der Waals surface area contributed by atoms with Gasteiger partial charge in [0.2, 0.25) is 0 Å². The first-order valence-electron chi connectivity index (χ1n) is 8.69. The fourth-order valence-electron chi connectivity index (χ4n) is 3.15. The third-order valence-corrected chi connectivity index (χ3v) is 5.63. The minimum absolute atomic E-state index is 0.641. The van der Waals surface area contributed by atoms with Crippen LogP contribution in [-0.2, 0) is 0 Å². The number of nitrogens with zero attached hydrogens (tertiary/aromatic N) is 4. The van der Waals surface area contributed by atoms with Crippen molar-refractivity contribution < 1.29 is 0 Å². The Kier molecular flexibility index (Phi) is 4.62. The van der Waals surface area contributed by atoms with Gasteiger partial charge < -0.3 is 16.0 Å². The summed E-state index contributed by atoms with van der Waals surface area (Å²) in [6, 6.07) is 6.14. The number of hydrogen-bond acceptors (Lipinski definition) is 7. The Morgan fingerprint density at radius 3 is 2.69 bits per heavy atom. The number of thiazole rings is 1. The fourth-order valence-corrected chi connectivity index (χ4v) is 4.11. The van der Waals surface area contributed by atoms with E-state index in [0.717, 1.165) is 39.7 Å². The molecule has 0 atom stereocenters. The molecule has 132 valence electrons. The average molecular weight is 364 g/mol. The lowest BCUT2D eigenvalue weighted by Gasteiger charge is -2.27. The first kappa shape index (κ1) is 16.7. The molecule has 0 aromatic carbocycles. The number of piperidine rings is 1. The van der Waals surface area contributed by atoms with Crippen molar-refractivity contribution in [2.45, 2.75) is 19.3 Å². The molecule has 0 spiro atoms. The molecule has 1 aliphatic heterocycles. The molecule has 1 saturated heterocycles. The summed E-state index contributed by atoms with van der Waals surface area (Å²) in [6.07, 6.45) is 10.0. The topological polar surface area (TPSA) is 91.8 Å². The largest absolute Gasteiger partial charge is 0.404 e. The Balaban J connectivity index is 1.63. The molecule has 7 heteroatoms. The van der Waals surface area contributed by atoms with Gasteiger partial charge in [-0.1, -0.05) is 0 Å². The van der Waals surface area contributed by atoms with Gasteiger partial charge in [-0.2, -0.15) is 0 Å². The summed E-state index contributed by atoms with van der Waals surface area (Å²) in [5, 5.41) is 8.32. The molecule has 0 amide bonds. The van der Waals surface area contributed by atoms with Crippen LogP contribution in [0.4, 0.5) is 5.82 Å². The van der Waals surface area contributed by atoms with E-state index in [2.05, 4.69) is 32.0 Å². The van der Waals surface area contributed by atoms with E-state index in [1.165, 1.54) is 31.7 Å². The normalized spacial score (nSPS) is 15.4. The highest BCUT2D eigenvalue weighted by molar-refractivity contribution is 7.21. The number of nitrogens with two attached hydrogens (primary N) is 1. The van der Waals surface area contributed by atoms with Crippen LogP contribution in [-0.4, -0.2) is 34.3 Å². The second-order valence-corrected chi connectivity index (χ2v) is 7.31. The number of nitrogens with one attached hydrogen (secondary N) is 1. The SMILES string of the molecule is N=C/C(=C\N)c1cnc2nc(-c3ccc(N4CCCCC4)nc3)sc2c1. The van der Waals surface area contributed by atoms with E-state index in [9.17, 15) is 0 Å². The highest BCUT2D eigenvalue weighted by Gasteiger charge is 2.13. The van der Waals surface area contributed by atoms with E-state index in [-0.39, 0.29) is 0 Å². The third-order valence-electron chi connectivity index (χ3n) is 4.59. The van der Waals surface area contributed by atoms with Crippen LogP contribution in [0, 0.1) is 5.41 Å². The Labute approximate surface area is 155 Å². The number of anilines is 1. The number of hydrogen-bond donors (Lipinski definition) is 2. The lowest BCUT2D eigenvalue weighted by Crippen LogP contribution is -2.29. The van der Waals surface area contributed by atoms with Crippen LogP contribution in [0.25, 0.3) is 26.5 Å². The van der Waals surface area contributed by atoms with Crippen molar-refractivity contribution in [3.8, 4) is 10.6 Å². The molecule has 6 nitrogen and oxygen atoms in total. The molecule has 4 rings (SSSR count). The minimum atomic E-state index is 0.641. The summed E-state index contributed by atoms with van der Waals surface area (Å²) in [5.74, 6) is 1.04. The number of rotatable bonds is 4. The second kappa shape index (κ2) is 7.21. The van der Waals surface area contributed by atoms with Gasteiger partial charge in [0.05, 0.1) is 4.70 Å². The molecule has 4 heterocycles. The molecule has 26 heavy (non-hydrogen) atoms. The van der Waals surface area contributed by atoms with Crippen LogP contribution in [0.1, 0.15) is 24.8 Å². The third kappa shape index (κ3) is 3.17. The van der Waals surface area contributed by atoms with Gasteiger partial charge in [0.15, 0.2) is 5.65 Å². The molecule has 0 radical (unpaired) electrons. The van der Waals surface area contributed by atoms with Crippen LogP contribution in [0.15, 0.2) is 36.8 Å². The molecule has 0 bridgehead atoms. The highest BCUT2D eigenvalue weighted by Crippen LogP contribution is 2.31. The predicted molar refractivity (Wildman–Crippen MR) is 108 cm³/mol. The molecular weight excluding hydrogens is 344 g/mol. The summed E-state index contributed by atoms with van der Waals surface area (Å²) in [5.41, 5.74) is 8.73. The number of aromatic nitrogens is 3. The standard InChI is InChI=1S/C19H20N6S/c20-9-15(10-21)14-8-16-18(23-12-14)24-19(26-16)13-4-5-17(22-11-13)25-6-2-1-3-7-25/h4-5,8-12,20H,1-3,6-7,21H2/b15-10+,20-9?. The molecule has 3 N–H and O–H groups in total. The summed E-state index contributed by atoms with van der Waals surface area (Å²) >= 11 is 1.57. The van der Waals surface area contributed by atoms with E-state index in [1.54, 1.807) is 17.5 Å². The number of pyridine rings is 2. The Morgan fingerprint density at radius 1 is 1.15 bits per heavy atom. The van der Waals surface area contributed by atoms with Crippen LogP contribution < -0.4 is 10.6 Å². The summed E-state index contributed by atoms with van der Waals surface area (Å²) in [4.78, 5) is 16.0. The van der Waals surface area contributed by atoms with Crippen LogP contribution in [0.3, 0.4) is 0 Å². The quantitative estimate of drug-likeness (QED) is 0.689. The molecule has 0 saturated carbocycles. The zero-order valence-corrected chi connectivity index (χ0v) is 15.2. The lowest BCUT2D eigenvalue weighted by molar-refractivity contribution is 0.573. The Bertz CT molecular complexity index is 954. The second-order valence-electron chi connectivity index (χ2n) is 6.28. The van der Waals surface area contributed by atoms with E-state index >= 15 is 0 Å². The van der Waals surface area contributed by atoms with Crippen LogP contribution >= 0.6 is 11.3 Å². The zero-order valence-electron chi connectivity index (χ0n) is 14.4. The molecule has 1 fully saturated rings. The predicted octanol–water partition coefficient (Wildman–Crippen LogP) is 3.69. The van der Waals surface area contributed by atoms with Crippen LogP contribution in [0.2, 0.25) is 0 Å². The van der Waals surface area contributed by atoms with E-state index in [4.69, 9.17) is 11.1 Å². The number of allylic oxidation sites excluding steroid dienone is 1. The summed E-state index contributed by atoms with van der Waals surface area (Å²) < 4.78 is 0.971. The molecule has 1 aliphatic rings. The highest BCUT2D eigenvalue weighted by atomic mass is 32.1. The monoisotopic (exact) mass is 364 g/mol. The Morgan fingerprint density at radius 2 is 2.00 bits per heavy atom. The first-order valence-corrected chi connectivity index (χ1v) is 9.51. The number of fused-ring (bicyclic) bond motifs is 1. The van der Waals surface area contributed by atoms with Crippen molar-refractivity contribution in [3.63, 3.8) is 0 Å². The van der Waals surface area contributed by atoms with Gasteiger partial charge >= 0.3 is 0 Å². The van der Waals surface area contributed by atoms with Gasteiger partial charge in [0.1, 0.15) is 10.8 Å². The van der Waals surface area contributed by atoms with E-state index < -0.39 is 0 Å². The molecular formula is C19H20N6S.